The lowest BCUT2D eigenvalue weighted by Gasteiger charge is -2.30. The molecule has 0 aliphatic carbocycles. The van der Waals surface area contributed by atoms with Crippen LogP contribution in [0.3, 0.4) is 0 Å². The number of nitro benzene ring substituents is 1. The van der Waals surface area contributed by atoms with Gasteiger partial charge < -0.3 is 20.3 Å². The Labute approximate surface area is 192 Å². The third-order valence-electron chi connectivity index (χ3n) is 5.29. The summed E-state index contributed by atoms with van der Waals surface area (Å²) in [4.78, 5) is 50.8. The van der Waals surface area contributed by atoms with Gasteiger partial charge in [-0.05, 0) is 24.3 Å². The molecule has 176 valence electrons. The van der Waals surface area contributed by atoms with Crippen LogP contribution in [0.4, 0.5) is 26.2 Å². The molecule has 2 aromatic carbocycles. The molecule has 4 amide bonds. The Morgan fingerprint density at radius 2 is 1.94 bits per heavy atom. The highest BCUT2D eigenvalue weighted by molar-refractivity contribution is 6.16. The highest BCUT2D eigenvalue weighted by Crippen LogP contribution is 2.29. The number of carbonyl (C=O) groups is 3. The summed E-state index contributed by atoms with van der Waals surface area (Å²) in [6.45, 7) is 1.43. The van der Waals surface area contributed by atoms with Crippen molar-refractivity contribution in [2.45, 2.75) is 0 Å². The van der Waals surface area contributed by atoms with Gasteiger partial charge in [0.2, 0.25) is 5.91 Å². The van der Waals surface area contributed by atoms with Gasteiger partial charge in [0.1, 0.15) is 18.1 Å². The number of rotatable bonds is 6. The van der Waals surface area contributed by atoms with E-state index in [2.05, 4.69) is 10.6 Å². The zero-order valence-corrected chi connectivity index (χ0v) is 17.8. The van der Waals surface area contributed by atoms with Crippen LogP contribution in [-0.2, 0) is 14.3 Å². The van der Waals surface area contributed by atoms with Crippen molar-refractivity contribution >= 4 is 41.0 Å². The van der Waals surface area contributed by atoms with Crippen LogP contribution in [0.25, 0.3) is 6.08 Å². The van der Waals surface area contributed by atoms with Crippen LogP contribution in [0, 0.1) is 15.9 Å². The summed E-state index contributed by atoms with van der Waals surface area (Å²) >= 11 is 0. The summed E-state index contributed by atoms with van der Waals surface area (Å²) in [7, 11) is 0. The van der Waals surface area contributed by atoms with Crippen molar-refractivity contribution < 1.29 is 28.4 Å². The number of morpholine rings is 1. The number of urea groups is 1. The standard InChI is InChI=1S/C22H20FN5O6/c23-16-3-1-2-4-17(16)24-20(29)13-27-21(30)18(25-22(27)31)12-14-11-15(28(32)33)5-6-19(14)26-7-9-34-10-8-26/h1-6,11-12H,7-10,13H2,(H,24,29)(H,25,31)/b18-12-. The second-order valence-corrected chi connectivity index (χ2v) is 7.51. The third-order valence-corrected chi connectivity index (χ3v) is 5.29. The molecule has 2 aromatic rings. The SMILES string of the molecule is O=C(CN1C(=O)N/C(=C\c2cc([N+](=O)[O-])ccc2N2CCOCC2)C1=O)Nc1ccccc1F. The summed E-state index contributed by atoms with van der Waals surface area (Å²) in [6.07, 6.45) is 1.34. The Kier molecular flexibility index (Phi) is 6.50. The van der Waals surface area contributed by atoms with Crippen molar-refractivity contribution in [1.82, 2.24) is 10.2 Å². The maximum atomic E-state index is 13.8. The average molecular weight is 469 g/mol. The number of hydrogen-bond acceptors (Lipinski definition) is 7. The Hall–Kier alpha value is -4.32. The fraction of sp³-hybridized carbons (Fsp3) is 0.227. The maximum Gasteiger partial charge on any atom is 0.329 e. The first kappa shape index (κ1) is 22.9. The van der Waals surface area contributed by atoms with Gasteiger partial charge in [-0.3, -0.25) is 19.7 Å². The average Bonchev–Trinajstić information content (AvgIpc) is 3.08. The lowest BCUT2D eigenvalue weighted by Crippen LogP contribution is -2.38. The van der Waals surface area contributed by atoms with Crippen molar-refractivity contribution in [3.8, 4) is 0 Å². The number of anilines is 2. The fourth-order valence-corrected chi connectivity index (χ4v) is 3.63. The van der Waals surface area contributed by atoms with Gasteiger partial charge in [0.05, 0.1) is 23.8 Å². The van der Waals surface area contributed by atoms with Crippen LogP contribution in [0.1, 0.15) is 5.56 Å². The first-order valence-electron chi connectivity index (χ1n) is 10.3. The van der Waals surface area contributed by atoms with Crippen molar-refractivity contribution in [1.29, 1.82) is 0 Å². The number of benzene rings is 2. The van der Waals surface area contributed by atoms with E-state index in [1.54, 1.807) is 6.07 Å². The molecule has 11 nitrogen and oxygen atoms in total. The zero-order valence-electron chi connectivity index (χ0n) is 17.8. The largest absolute Gasteiger partial charge is 0.378 e. The van der Waals surface area contributed by atoms with Crippen molar-refractivity contribution in [2.75, 3.05) is 43.1 Å². The third kappa shape index (κ3) is 4.86. The second kappa shape index (κ2) is 9.67. The van der Waals surface area contributed by atoms with E-state index in [0.29, 0.717) is 42.5 Å². The topological polar surface area (TPSA) is 134 Å². The van der Waals surface area contributed by atoms with E-state index in [0.717, 1.165) is 6.07 Å². The summed E-state index contributed by atoms with van der Waals surface area (Å²) in [5, 5.41) is 16.0. The number of halogens is 1. The lowest BCUT2D eigenvalue weighted by molar-refractivity contribution is -0.384. The molecule has 2 N–H and O–H groups in total. The van der Waals surface area contributed by atoms with Gasteiger partial charge in [0.25, 0.3) is 11.6 Å². The van der Waals surface area contributed by atoms with Gasteiger partial charge in [-0.2, -0.15) is 0 Å². The van der Waals surface area contributed by atoms with Gasteiger partial charge >= 0.3 is 6.03 Å². The minimum atomic E-state index is -0.835. The fourth-order valence-electron chi connectivity index (χ4n) is 3.63. The molecule has 0 aromatic heterocycles. The lowest BCUT2D eigenvalue weighted by atomic mass is 10.1. The Balaban J connectivity index is 1.56. The quantitative estimate of drug-likeness (QED) is 0.286. The molecular weight excluding hydrogens is 449 g/mol. The van der Waals surface area contributed by atoms with E-state index >= 15 is 0 Å². The molecule has 0 saturated carbocycles. The number of ether oxygens (including phenoxy) is 1. The molecule has 12 heteroatoms. The number of nitrogens with zero attached hydrogens (tertiary/aromatic N) is 3. The number of carbonyl (C=O) groups excluding carboxylic acids is 3. The van der Waals surface area contributed by atoms with E-state index in [1.165, 1.54) is 36.4 Å². The van der Waals surface area contributed by atoms with Crippen LogP contribution in [-0.4, -0.2) is 60.5 Å². The first-order chi connectivity index (χ1) is 16.3. The predicted octanol–water partition coefficient (Wildman–Crippen LogP) is 2.10. The summed E-state index contributed by atoms with van der Waals surface area (Å²) < 4.78 is 19.1. The van der Waals surface area contributed by atoms with E-state index in [4.69, 9.17) is 4.74 Å². The van der Waals surface area contributed by atoms with Crippen molar-refractivity contribution in [2.24, 2.45) is 0 Å². The van der Waals surface area contributed by atoms with Gasteiger partial charge in [-0.15, -0.1) is 0 Å². The molecule has 2 heterocycles. The molecule has 4 rings (SSSR count). The van der Waals surface area contributed by atoms with Crippen LogP contribution < -0.4 is 15.5 Å². The summed E-state index contributed by atoms with van der Waals surface area (Å²) in [6, 6.07) is 8.91. The molecule has 2 aliphatic heterocycles. The Bertz CT molecular complexity index is 1190. The number of hydrogen-bond donors (Lipinski definition) is 2. The van der Waals surface area contributed by atoms with Crippen LogP contribution in [0.5, 0.6) is 0 Å². The Morgan fingerprint density at radius 3 is 2.65 bits per heavy atom. The molecule has 34 heavy (non-hydrogen) atoms. The number of nitrogens with one attached hydrogen (secondary N) is 2. The highest BCUT2D eigenvalue weighted by atomic mass is 19.1. The first-order valence-corrected chi connectivity index (χ1v) is 10.3. The minimum Gasteiger partial charge on any atom is -0.378 e. The number of non-ortho nitro benzene ring substituents is 1. The maximum absolute atomic E-state index is 13.8. The summed E-state index contributed by atoms with van der Waals surface area (Å²) in [5.41, 5.74) is 0.596. The molecule has 2 aliphatic rings. The van der Waals surface area contributed by atoms with E-state index in [-0.39, 0.29) is 17.1 Å². The van der Waals surface area contributed by atoms with E-state index in [9.17, 15) is 28.9 Å². The predicted molar refractivity (Wildman–Crippen MR) is 119 cm³/mol. The molecule has 0 unspecified atom stereocenters. The number of imide groups is 1. The number of para-hydroxylation sites is 1. The Morgan fingerprint density at radius 1 is 1.21 bits per heavy atom. The molecule has 0 spiro atoms. The molecule has 2 fully saturated rings. The monoisotopic (exact) mass is 469 g/mol. The normalized spacial score (nSPS) is 17.1. The number of amides is 4. The molecule has 0 bridgehead atoms. The van der Waals surface area contributed by atoms with E-state index < -0.39 is 35.1 Å². The highest BCUT2D eigenvalue weighted by Gasteiger charge is 2.35. The van der Waals surface area contributed by atoms with Crippen LogP contribution in [0.15, 0.2) is 48.2 Å². The van der Waals surface area contributed by atoms with Crippen molar-refractivity contribution in [3.05, 3.63) is 69.7 Å². The molecule has 0 radical (unpaired) electrons. The van der Waals surface area contributed by atoms with Gasteiger partial charge in [-0.1, -0.05) is 12.1 Å². The minimum absolute atomic E-state index is 0.0814. The second-order valence-electron chi connectivity index (χ2n) is 7.51. The smallest absolute Gasteiger partial charge is 0.329 e. The zero-order chi connectivity index (χ0) is 24.2. The van der Waals surface area contributed by atoms with Gasteiger partial charge in [0, 0.05) is 36.5 Å². The molecular formula is C22H20FN5O6. The number of nitro groups is 1. The summed E-state index contributed by atoms with van der Waals surface area (Å²) in [5.74, 6) is -2.21. The van der Waals surface area contributed by atoms with Gasteiger partial charge in [0.15, 0.2) is 0 Å². The van der Waals surface area contributed by atoms with Crippen LogP contribution in [0.2, 0.25) is 0 Å². The van der Waals surface area contributed by atoms with E-state index in [1.807, 2.05) is 4.90 Å². The van der Waals surface area contributed by atoms with Gasteiger partial charge in [-0.25, -0.2) is 14.1 Å². The van der Waals surface area contributed by atoms with Crippen molar-refractivity contribution in [3.63, 3.8) is 0 Å². The molecule has 0 atom stereocenters. The molecule has 2 saturated heterocycles. The van der Waals surface area contributed by atoms with Crippen LogP contribution >= 0.6 is 0 Å².